The number of nitrogens with one attached hydrogen (secondary N) is 1. The van der Waals surface area contributed by atoms with Crippen molar-refractivity contribution in [3.05, 3.63) is 0 Å². The Balaban J connectivity index is 2.31. The van der Waals surface area contributed by atoms with Gasteiger partial charge in [-0.25, -0.2) is 13.1 Å². The fourth-order valence-electron chi connectivity index (χ4n) is 1.82. The highest BCUT2D eigenvalue weighted by Gasteiger charge is 2.28. The van der Waals surface area contributed by atoms with Gasteiger partial charge in [0, 0.05) is 12.6 Å². The molecule has 5 heteroatoms. The van der Waals surface area contributed by atoms with Crippen LogP contribution in [0.15, 0.2) is 0 Å². The maximum atomic E-state index is 11.6. The Bertz CT molecular complexity index is 300. The van der Waals surface area contributed by atoms with Crippen LogP contribution in [0, 0.1) is 11.3 Å². The zero-order valence-corrected chi connectivity index (χ0v) is 10.6. The van der Waals surface area contributed by atoms with Crippen LogP contribution >= 0.6 is 0 Å². The van der Waals surface area contributed by atoms with Crippen LogP contribution in [0.3, 0.4) is 0 Å². The van der Waals surface area contributed by atoms with Crippen LogP contribution in [0.25, 0.3) is 0 Å². The molecule has 0 bridgehead atoms. The molecule has 0 aliphatic heterocycles. The van der Waals surface area contributed by atoms with Crippen molar-refractivity contribution in [2.45, 2.75) is 39.7 Å². The number of hydrogen-bond donors (Lipinski definition) is 2. The van der Waals surface area contributed by atoms with Crippen molar-refractivity contribution in [2.24, 2.45) is 17.1 Å². The highest BCUT2D eigenvalue weighted by molar-refractivity contribution is 7.89. The van der Waals surface area contributed by atoms with Crippen molar-refractivity contribution in [2.75, 3.05) is 12.3 Å². The van der Waals surface area contributed by atoms with Gasteiger partial charge in [-0.05, 0) is 24.2 Å². The topological polar surface area (TPSA) is 72.2 Å². The summed E-state index contributed by atoms with van der Waals surface area (Å²) in [5.74, 6) is 0.619. The maximum Gasteiger partial charge on any atom is 0.212 e. The third-order valence-electron chi connectivity index (χ3n) is 2.49. The maximum absolute atomic E-state index is 11.6. The van der Waals surface area contributed by atoms with E-state index in [-0.39, 0.29) is 17.2 Å². The highest BCUT2D eigenvalue weighted by atomic mass is 32.2. The molecule has 1 rings (SSSR count). The van der Waals surface area contributed by atoms with E-state index in [2.05, 4.69) is 4.72 Å². The lowest BCUT2D eigenvalue weighted by molar-refractivity contribution is 0.266. The first-order valence-electron chi connectivity index (χ1n) is 5.41. The molecule has 90 valence electrons. The first kappa shape index (κ1) is 12.9. The van der Waals surface area contributed by atoms with Crippen LogP contribution in [-0.2, 0) is 10.0 Å². The van der Waals surface area contributed by atoms with Crippen molar-refractivity contribution < 1.29 is 8.42 Å². The van der Waals surface area contributed by atoms with E-state index in [0.717, 1.165) is 12.8 Å². The Labute approximate surface area is 92.7 Å². The van der Waals surface area contributed by atoms with E-state index in [1.165, 1.54) is 0 Å². The molecule has 0 aromatic rings. The van der Waals surface area contributed by atoms with Gasteiger partial charge in [0.25, 0.3) is 0 Å². The first-order valence-corrected chi connectivity index (χ1v) is 7.06. The van der Waals surface area contributed by atoms with E-state index in [1.807, 2.05) is 20.8 Å². The summed E-state index contributed by atoms with van der Waals surface area (Å²) in [5.41, 5.74) is 5.44. The Morgan fingerprint density at radius 2 is 1.87 bits per heavy atom. The summed E-state index contributed by atoms with van der Waals surface area (Å²) in [6.07, 6.45) is 1.88. The average molecular weight is 234 g/mol. The van der Waals surface area contributed by atoms with E-state index in [4.69, 9.17) is 5.73 Å². The Hall–Kier alpha value is -0.130. The Kier molecular flexibility index (Phi) is 3.79. The van der Waals surface area contributed by atoms with Crippen LogP contribution in [0.4, 0.5) is 0 Å². The second-order valence-corrected chi connectivity index (χ2v) is 7.57. The minimum Gasteiger partial charge on any atom is -0.328 e. The molecule has 4 nitrogen and oxygen atoms in total. The second-order valence-electron chi connectivity index (χ2n) is 5.77. The Morgan fingerprint density at radius 3 is 2.27 bits per heavy atom. The summed E-state index contributed by atoms with van der Waals surface area (Å²) in [6.45, 7) is 6.31. The van der Waals surface area contributed by atoms with Crippen molar-refractivity contribution in [3.8, 4) is 0 Å². The third-order valence-corrected chi connectivity index (χ3v) is 4.34. The number of hydrogen-bond acceptors (Lipinski definition) is 3. The number of sulfonamides is 1. The van der Waals surface area contributed by atoms with Crippen molar-refractivity contribution >= 4 is 10.0 Å². The van der Waals surface area contributed by atoms with Gasteiger partial charge < -0.3 is 5.73 Å². The van der Waals surface area contributed by atoms with Crippen LogP contribution in [0.2, 0.25) is 0 Å². The van der Waals surface area contributed by atoms with E-state index in [1.54, 1.807) is 0 Å². The van der Waals surface area contributed by atoms with E-state index in [0.29, 0.717) is 12.5 Å². The largest absolute Gasteiger partial charge is 0.328 e. The molecule has 1 saturated carbocycles. The molecule has 0 aromatic heterocycles. The van der Waals surface area contributed by atoms with E-state index in [9.17, 15) is 8.42 Å². The molecule has 0 spiro atoms. The lowest BCUT2D eigenvalue weighted by atomic mass is 9.81. The Morgan fingerprint density at radius 1 is 1.33 bits per heavy atom. The van der Waals surface area contributed by atoms with Gasteiger partial charge in [-0.3, -0.25) is 0 Å². The number of nitrogens with two attached hydrogens (primary N) is 1. The van der Waals surface area contributed by atoms with Gasteiger partial charge in [0.2, 0.25) is 10.0 Å². The molecule has 0 radical (unpaired) electrons. The predicted octanol–water partition coefficient (Wildman–Crippen LogP) is 0.689. The summed E-state index contributed by atoms with van der Waals surface area (Å²) >= 11 is 0. The summed E-state index contributed by atoms with van der Waals surface area (Å²) in [7, 11) is -3.12. The minimum absolute atomic E-state index is 0.179. The van der Waals surface area contributed by atoms with Gasteiger partial charge in [0.1, 0.15) is 0 Å². The molecule has 0 aromatic carbocycles. The van der Waals surface area contributed by atoms with Crippen LogP contribution in [0.1, 0.15) is 33.6 Å². The van der Waals surface area contributed by atoms with Crippen molar-refractivity contribution in [1.29, 1.82) is 0 Å². The monoisotopic (exact) mass is 234 g/mol. The standard InChI is InChI=1S/C10H22N2O2S/c1-10(2,3)7-15(13,14)12-6-8-4-9(11)5-8/h8-9,12H,4-7,11H2,1-3H3. The zero-order chi connectivity index (χ0) is 11.7. The fourth-order valence-corrected chi connectivity index (χ4v) is 3.55. The molecule has 0 unspecified atom stereocenters. The molecule has 15 heavy (non-hydrogen) atoms. The van der Waals surface area contributed by atoms with Crippen LogP contribution in [0.5, 0.6) is 0 Å². The van der Waals surface area contributed by atoms with Crippen molar-refractivity contribution in [3.63, 3.8) is 0 Å². The van der Waals surface area contributed by atoms with Crippen LogP contribution in [-0.4, -0.2) is 26.8 Å². The lowest BCUT2D eigenvalue weighted by Crippen LogP contribution is -2.43. The van der Waals surface area contributed by atoms with E-state index >= 15 is 0 Å². The molecular weight excluding hydrogens is 212 g/mol. The van der Waals surface area contributed by atoms with Gasteiger partial charge in [0.05, 0.1) is 5.75 Å². The fraction of sp³-hybridized carbons (Fsp3) is 1.00. The van der Waals surface area contributed by atoms with Gasteiger partial charge in [0.15, 0.2) is 0 Å². The molecular formula is C10H22N2O2S. The molecule has 1 aliphatic carbocycles. The normalized spacial score (nSPS) is 27.5. The SMILES string of the molecule is CC(C)(C)CS(=O)(=O)NCC1CC(N)C1. The van der Waals surface area contributed by atoms with Crippen molar-refractivity contribution in [1.82, 2.24) is 4.72 Å². The second kappa shape index (κ2) is 4.39. The predicted molar refractivity (Wildman–Crippen MR) is 61.9 cm³/mol. The average Bonchev–Trinajstić information content (AvgIpc) is 1.90. The zero-order valence-electron chi connectivity index (χ0n) is 9.79. The number of rotatable bonds is 4. The lowest BCUT2D eigenvalue weighted by Gasteiger charge is -2.32. The minimum atomic E-state index is -3.12. The quantitative estimate of drug-likeness (QED) is 0.751. The molecule has 0 amide bonds. The van der Waals surface area contributed by atoms with Gasteiger partial charge in [-0.1, -0.05) is 20.8 Å². The summed E-state index contributed by atoms with van der Waals surface area (Å²) < 4.78 is 25.9. The highest BCUT2D eigenvalue weighted by Crippen LogP contribution is 2.25. The summed E-state index contributed by atoms with van der Waals surface area (Å²) in [6, 6.07) is 0.280. The van der Waals surface area contributed by atoms with E-state index < -0.39 is 10.0 Å². The van der Waals surface area contributed by atoms with Gasteiger partial charge in [-0.15, -0.1) is 0 Å². The first-order chi connectivity index (χ1) is 6.68. The molecule has 1 fully saturated rings. The van der Waals surface area contributed by atoms with Crippen LogP contribution < -0.4 is 10.5 Å². The molecule has 0 atom stereocenters. The summed E-state index contributed by atoms with van der Waals surface area (Å²) in [5, 5.41) is 0. The third kappa shape index (κ3) is 4.95. The van der Waals surface area contributed by atoms with Gasteiger partial charge >= 0.3 is 0 Å². The molecule has 1 aliphatic rings. The summed E-state index contributed by atoms with van der Waals surface area (Å²) in [4.78, 5) is 0. The molecule has 3 N–H and O–H groups in total. The molecule has 0 saturated heterocycles. The molecule has 0 heterocycles. The van der Waals surface area contributed by atoms with Gasteiger partial charge in [-0.2, -0.15) is 0 Å². The smallest absolute Gasteiger partial charge is 0.212 e.